The second-order valence-electron chi connectivity index (χ2n) is 3.53. The topological polar surface area (TPSA) is 38.1 Å². The second kappa shape index (κ2) is 5.29. The molecule has 0 atom stereocenters. The number of hydrogen-bond acceptors (Lipinski definition) is 5. The van der Waals surface area contributed by atoms with Crippen LogP contribution >= 0.6 is 23.3 Å². The lowest BCUT2D eigenvalue weighted by Gasteiger charge is -1.88. The van der Waals surface area contributed by atoms with Gasteiger partial charge in [-0.2, -0.15) is 0 Å². The van der Waals surface area contributed by atoms with Gasteiger partial charge < -0.3 is 0 Å². The van der Waals surface area contributed by atoms with Crippen molar-refractivity contribution in [2.24, 2.45) is 4.40 Å². The first-order chi connectivity index (χ1) is 8.92. The molecule has 0 fully saturated rings. The normalized spacial score (nSPS) is 11.3. The quantitative estimate of drug-likeness (QED) is 0.537. The highest BCUT2D eigenvalue weighted by Crippen LogP contribution is 2.29. The molecular formula is C13H9N3S2. The number of para-hydroxylation sites is 1. The van der Waals surface area contributed by atoms with Crippen molar-refractivity contribution in [2.45, 2.75) is 4.34 Å². The van der Waals surface area contributed by atoms with Crippen LogP contribution in [-0.2, 0) is 0 Å². The third-order valence-corrected chi connectivity index (χ3v) is 4.04. The average molecular weight is 271 g/mol. The van der Waals surface area contributed by atoms with E-state index in [9.17, 15) is 0 Å². The zero-order chi connectivity index (χ0) is 12.2. The van der Waals surface area contributed by atoms with Crippen molar-refractivity contribution in [2.75, 3.05) is 0 Å². The summed E-state index contributed by atoms with van der Waals surface area (Å²) in [4.78, 5) is 8.66. The van der Waals surface area contributed by atoms with E-state index in [-0.39, 0.29) is 0 Å². The van der Waals surface area contributed by atoms with E-state index < -0.39 is 0 Å². The number of hydrogen-bond donors (Lipinski definition) is 0. The molecule has 0 amide bonds. The standard InChI is InChI=1S/C13H9N3S2/c1-2-7-12-11(6-1)16-13(17-12)18-15-9-10-5-3-4-8-14-10/h1-9H/b15-9+. The zero-order valence-electron chi connectivity index (χ0n) is 9.35. The van der Waals surface area contributed by atoms with E-state index in [0.29, 0.717) is 0 Å². The van der Waals surface area contributed by atoms with E-state index in [2.05, 4.69) is 20.4 Å². The van der Waals surface area contributed by atoms with Crippen molar-refractivity contribution < 1.29 is 0 Å². The van der Waals surface area contributed by atoms with E-state index in [1.54, 1.807) is 23.7 Å². The van der Waals surface area contributed by atoms with Gasteiger partial charge in [-0.05, 0) is 24.3 Å². The molecule has 3 aromatic rings. The Morgan fingerprint density at radius 2 is 2.00 bits per heavy atom. The van der Waals surface area contributed by atoms with Crippen molar-refractivity contribution in [3.05, 3.63) is 54.4 Å². The number of benzene rings is 1. The van der Waals surface area contributed by atoms with Gasteiger partial charge in [-0.15, -0.1) is 11.3 Å². The van der Waals surface area contributed by atoms with Gasteiger partial charge in [0.15, 0.2) is 4.34 Å². The summed E-state index contributed by atoms with van der Waals surface area (Å²) in [6.07, 6.45) is 3.50. The minimum Gasteiger partial charge on any atom is -0.255 e. The molecule has 2 heterocycles. The Labute approximate surface area is 113 Å². The molecule has 1 aromatic carbocycles. The summed E-state index contributed by atoms with van der Waals surface area (Å²) < 4.78 is 6.42. The Balaban J connectivity index is 1.75. The van der Waals surface area contributed by atoms with Crippen LogP contribution in [0.3, 0.4) is 0 Å². The van der Waals surface area contributed by atoms with Gasteiger partial charge >= 0.3 is 0 Å². The minimum atomic E-state index is 0.853. The number of thiazole rings is 1. The molecule has 0 bridgehead atoms. The summed E-state index contributed by atoms with van der Waals surface area (Å²) in [5.74, 6) is 0. The van der Waals surface area contributed by atoms with Crippen molar-refractivity contribution in [3.63, 3.8) is 0 Å². The molecule has 0 spiro atoms. The Hall–Kier alpha value is -1.72. The summed E-state index contributed by atoms with van der Waals surface area (Å²) in [6, 6.07) is 13.8. The van der Waals surface area contributed by atoms with Gasteiger partial charge in [0.05, 0.1) is 22.1 Å². The monoisotopic (exact) mass is 271 g/mol. The Kier molecular flexibility index (Phi) is 3.34. The van der Waals surface area contributed by atoms with Crippen molar-refractivity contribution >= 4 is 39.7 Å². The van der Waals surface area contributed by atoms with Crippen molar-refractivity contribution in [1.29, 1.82) is 0 Å². The predicted octanol–water partition coefficient (Wildman–Crippen LogP) is 3.82. The highest BCUT2D eigenvalue weighted by molar-refractivity contribution is 8.00. The number of aromatic nitrogens is 2. The van der Waals surface area contributed by atoms with Crippen LogP contribution in [0, 0.1) is 0 Å². The van der Waals surface area contributed by atoms with E-state index in [1.165, 1.54) is 16.6 Å². The molecule has 0 saturated heterocycles. The van der Waals surface area contributed by atoms with E-state index in [4.69, 9.17) is 0 Å². The van der Waals surface area contributed by atoms with Crippen LogP contribution in [0.2, 0.25) is 0 Å². The number of pyridine rings is 1. The molecule has 0 aliphatic rings. The van der Waals surface area contributed by atoms with E-state index in [0.717, 1.165) is 15.6 Å². The fourth-order valence-electron chi connectivity index (χ4n) is 1.47. The Bertz CT molecular complexity index is 644. The third kappa shape index (κ3) is 2.57. The molecule has 0 radical (unpaired) electrons. The molecule has 0 N–H and O–H groups in total. The molecule has 0 aliphatic heterocycles. The first kappa shape index (κ1) is 11.4. The lowest BCUT2D eigenvalue weighted by atomic mass is 10.3. The third-order valence-electron chi connectivity index (χ3n) is 2.28. The molecule has 2 aromatic heterocycles. The maximum absolute atomic E-state index is 4.49. The lowest BCUT2D eigenvalue weighted by molar-refractivity contribution is 1.30. The molecule has 0 aliphatic carbocycles. The molecule has 88 valence electrons. The fraction of sp³-hybridized carbons (Fsp3) is 0. The highest BCUT2D eigenvalue weighted by Gasteiger charge is 2.02. The molecular weight excluding hydrogens is 262 g/mol. The van der Waals surface area contributed by atoms with Crippen LogP contribution in [0.25, 0.3) is 10.2 Å². The summed E-state index contributed by atoms with van der Waals surface area (Å²) in [6.45, 7) is 0. The molecule has 5 heteroatoms. The van der Waals surface area contributed by atoms with Crippen LogP contribution in [0.5, 0.6) is 0 Å². The predicted molar refractivity (Wildman–Crippen MR) is 77.3 cm³/mol. The molecule has 18 heavy (non-hydrogen) atoms. The molecule has 0 unspecified atom stereocenters. The largest absolute Gasteiger partial charge is 0.255 e. The number of rotatable bonds is 3. The van der Waals surface area contributed by atoms with Crippen molar-refractivity contribution in [3.8, 4) is 0 Å². The summed E-state index contributed by atoms with van der Waals surface area (Å²) in [7, 11) is 0. The average Bonchev–Trinajstić information content (AvgIpc) is 2.82. The highest BCUT2D eigenvalue weighted by atomic mass is 32.2. The smallest absolute Gasteiger partial charge is 0.173 e. The summed E-state index contributed by atoms with van der Waals surface area (Å²) in [5.41, 5.74) is 1.88. The van der Waals surface area contributed by atoms with Crippen molar-refractivity contribution in [1.82, 2.24) is 9.97 Å². The summed E-state index contributed by atoms with van der Waals surface area (Å²) in [5, 5.41) is 0. The van der Waals surface area contributed by atoms with Crippen LogP contribution in [0.1, 0.15) is 5.69 Å². The molecule has 3 nitrogen and oxygen atoms in total. The Morgan fingerprint density at radius 3 is 2.83 bits per heavy atom. The first-order valence-corrected chi connectivity index (χ1v) is 6.98. The summed E-state index contributed by atoms with van der Waals surface area (Å²) >= 11 is 3.03. The van der Waals surface area contributed by atoms with Crippen LogP contribution < -0.4 is 0 Å². The van der Waals surface area contributed by atoms with Gasteiger partial charge in [0.1, 0.15) is 0 Å². The maximum atomic E-state index is 4.49. The molecule has 3 rings (SSSR count). The number of nitrogens with zero attached hydrogens (tertiary/aromatic N) is 3. The van der Waals surface area contributed by atoms with Gasteiger partial charge in [0, 0.05) is 18.1 Å². The second-order valence-corrected chi connectivity index (χ2v) is 5.60. The van der Waals surface area contributed by atoms with Gasteiger partial charge in [-0.1, -0.05) is 18.2 Å². The maximum Gasteiger partial charge on any atom is 0.173 e. The minimum absolute atomic E-state index is 0.853. The van der Waals surface area contributed by atoms with Crippen LogP contribution in [0.4, 0.5) is 0 Å². The Morgan fingerprint density at radius 1 is 1.11 bits per heavy atom. The first-order valence-electron chi connectivity index (χ1n) is 5.39. The molecule has 0 saturated carbocycles. The van der Waals surface area contributed by atoms with Crippen LogP contribution in [0.15, 0.2) is 57.4 Å². The zero-order valence-corrected chi connectivity index (χ0v) is 11.0. The van der Waals surface area contributed by atoms with Gasteiger partial charge in [-0.25, -0.2) is 9.38 Å². The lowest BCUT2D eigenvalue weighted by Crippen LogP contribution is -1.82. The van der Waals surface area contributed by atoms with Crippen LogP contribution in [-0.4, -0.2) is 16.2 Å². The van der Waals surface area contributed by atoms with Gasteiger partial charge in [0.25, 0.3) is 0 Å². The van der Waals surface area contributed by atoms with Gasteiger partial charge in [0.2, 0.25) is 0 Å². The van der Waals surface area contributed by atoms with Gasteiger partial charge in [-0.3, -0.25) is 4.98 Å². The fourth-order valence-corrected chi connectivity index (χ4v) is 3.10. The SMILES string of the molecule is C(=N\Sc1nc2ccccc2s1)/c1ccccn1. The van der Waals surface area contributed by atoms with E-state index >= 15 is 0 Å². The number of fused-ring (bicyclic) bond motifs is 1. The van der Waals surface area contributed by atoms with E-state index in [1.807, 2.05) is 36.4 Å².